The van der Waals surface area contributed by atoms with Gasteiger partial charge in [0.15, 0.2) is 6.10 Å². The van der Waals surface area contributed by atoms with Gasteiger partial charge in [0, 0.05) is 18.1 Å². The molecule has 2 atom stereocenters. The molecule has 0 spiro atoms. The lowest BCUT2D eigenvalue weighted by Gasteiger charge is -2.27. The van der Waals surface area contributed by atoms with Gasteiger partial charge in [-0.2, -0.15) is 0 Å². The minimum Gasteiger partial charge on any atom is -0.480 e. The molecule has 0 aliphatic carbocycles. The number of benzene rings is 1. The van der Waals surface area contributed by atoms with Crippen LogP contribution < -0.4 is 4.74 Å². The number of hydrogen-bond acceptors (Lipinski definition) is 4. The average molecular weight is 407 g/mol. The Balaban J connectivity index is 2.74. The molecule has 1 amide bonds. The van der Waals surface area contributed by atoms with Crippen LogP contribution in [0.1, 0.15) is 20.8 Å². The van der Waals surface area contributed by atoms with E-state index in [9.17, 15) is 9.59 Å². The second-order valence-corrected chi connectivity index (χ2v) is 6.43. The van der Waals surface area contributed by atoms with Crippen LogP contribution in [0.5, 0.6) is 5.75 Å². The molecule has 0 aliphatic heterocycles. The molecule has 0 bridgehead atoms. The maximum atomic E-state index is 12.5. The van der Waals surface area contributed by atoms with Gasteiger partial charge in [-0.3, -0.25) is 9.59 Å². The summed E-state index contributed by atoms with van der Waals surface area (Å²) in [4.78, 5) is 25.6. The van der Waals surface area contributed by atoms with Crippen molar-refractivity contribution in [3.05, 3.63) is 27.7 Å². The van der Waals surface area contributed by atoms with Crippen LogP contribution >= 0.6 is 27.5 Å². The number of methoxy groups -OCH3 is 1. The molecular weight excluding hydrogens is 386 g/mol. The Hall–Kier alpha value is -1.27. The fraction of sp³-hybridized carbons (Fsp3) is 0.500. The highest BCUT2D eigenvalue weighted by Crippen LogP contribution is 2.29. The number of halogens is 2. The molecule has 0 aromatic heterocycles. The summed E-state index contributed by atoms with van der Waals surface area (Å²) in [6, 6.07) is 5.09. The van der Waals surface area contributed by atoms with E-state index in [2.05, 4.69) is 15.9 Å². The average Bonchev–Trinajstić information content (AvgIpc) is 2.53. The predicted octanol–water partition coefficient (Wildman–Crippen LogP) is 3.53. The molecule has 23 heavy (non-hydrogen) atoms. The number of hydrogen-bond donors (Lipinski definition) is 0. The summed E-state index contributed by atoms with van der Waals surface area (Å²) < 4.78 is 11.1. The van der Waals surface area contributed by atoms with Gasteiger partial charge < -0.3 is 14.4 Å². The second-order valence-electron chi connectivity index (χ2n) is 5.14. The quantitative estimate of drug-likeness (QED) is 0.650. The summed E-state index contributed by atoms with van der Waals surface area (Å²) in [7, 11) is 1.33. The van der Waals surface area contributed by atoms with Gasteiger partial charge in [0.05, 0.1) is 17.5 Å². The van der Waals surface area contributed by atoms with E-state index in [0.29, 0.717) is 21.8 Å². The van der Waals surface area contributed by atoms with Crippen LogP contribution in [0.25, 0.3) is 0 Å². The molecule has 0 heterocycles. The third-order valence-electron chi connectivity index (χ3n) is 3.34. The Morgan fingerprint density at radius 3 is 2.52 bits per heavy atom. The molecule has 0 radical (unpaired) electrons. The lowest BCUT2D eigenvalue weighted by atomic mass is 10.1. The summed E-state index contributed by atoms with van der Waals surface area (Å²) in [5.41, 5.74) is 0. The number of carbonyl (C=O) groups is 2. The van der Waals surface area contributed by atoms with Crippen molar-refractivity contribution < 1.29 is 19.1 Å². The third kappa shape index (κ3) is 5.70. The van der Waals surface area contributed by atoms with Crippen molar-refractivity contribution >= 4 is 39.4 Å². The summed E-state index contributed by atoms with van der Waals surface area (Å²) in [6.45, 7) is 6.03. The smallest absolute Gasteiger partial charge is 0.310 e. The number of ether oxygens (including phenoxy) is 2. The molecule has 7 heteroatoms. The first-order chi connectivity index (χ1) is 10.8. The Kier molecular flexibility index (Phi) is 7.85. The number of rotatable bonds is 7. The lowest BCUT2D eigenvalue weighted by molar-refractivity contribution is -0.147. The Labute approximate surface area is 150 Å². The summed E-state index contributed by atoms with van der Waals surface area (Å²) in [6.07, 6.45) is -0.683. The topological polar surface area (TPSA) is 55.8 Å². The molecule has 1 rings (SSSR count). The van der Waals surface area contributed by atoms with E-state index in [-0.39, 0.29) is 18.4 Å². The van der Waals surface area contributed by atoms with Crippen molar-refractivity contribution in [2.45, 2.75) is 26.9 Å². The fourth-order valence-corrected chi connectivity index (χ4v) is 2.83. The van der Waals surface area contributed by atoms with E-state index in [1.54, 1.807) is 36.9 Å². The van der Waals surface area contributed by atoms with Crippen molar-refractivity contribution in [3.8, 4) is 5.75 Å². The standard InChI is InChI=1S/C16H21BrClNO4/c1-5-19(9-10(2)16(21)22-4)15(20)11(3)23-14-7-6-12(18)8-13(14)17/h6-8,10-11H,5,9H2,1-4H3. The SMILES string of the molecule is CCN(CC(C)C(=O)OC)C(=O)C(C)Oc1ccc(Cl)cc1Br. The Morgan fingerprint density at radius 1 is 1.35 bits per heavy atom. The summed E-state index contributed by atoms with van der Waals surface area (Å²) >= 11 is 9.24. The molecule has 2 unspecified atom stereocenters. The zero-order valence-electron chi connectivity index (χ0n) is 13.6. The molecule has 1 aromatic rings. The van der Waals surface area contributed by atoms with Crippen LogP contribution in [-0.2, 0) is 14.3 Å². The van der Waals surface area contributed by atoms with E-state index in [4.69, 9.17) is 21.1 Å². The number of likely N-dealkylation sites (N-methyl/N-ethyl adjacent to an activating group) is 1. The second kappa shape index (κ2) is 9.13. The highest BCUT2D eigenvalue weighted by molar-refractivity contribution is 9.10. The minimum absolute atomic E-state index is 0.190. The Bertz CT molecular complexity index is 567. The summed E-state index contributed by atoms with van der Waals surface area (Å²) in [5.74, 6) is -0.388. The first-order valence-electron chi connectivity index (χ1n) is 7.28. The first-order valence-corrected chi connectivity index (χ1v) is 8.45. The van der Waals surface area contributed by atoms with Gasteiger partial charge in [-0.05, 0) is 48.0 Å². The highest BCUT2D eigenvalue weighted by atomic mass is 79.9. The van der Waals surface area contributed by atoms with Crippen molar-refractivity contribution in [1.29, 1.82) is 0 Å². The molecule has 5 nitrogen and oxygen atoms in total. The lowest BCUT2D eigenvalue weighted by Crippen LogP contribution is -2.43. The third-order valence-corrected chi connectivity index (χ3v) is 4.19. The van der Waals surface area contributed by atoms with Gasteiger partial charge >= 0.3 is 5.97 Å². The van der Waals surface area contributed by atoms with Crippen molar-refractivity contribution in [2.24, 2.45) is 5.92 Å². The van der Waals surface area contributed by atoms with Crippen molar-refractivity contribution in [2.75, 3.05) is 20.2 Å². The van der Waals surface area contributed by atoms with Gasteiger partial charge in [0.1, 0.15) is 5.75 Å². The van der Waals surface area contributed by atoms with Crippen LogP contribution in [0.2, 0.25) is 5.02 Å². The van der Waals surface area contributed by atoms with Crippen LogP contribution in [0.3, 0.4) is 0 Å². The molecular formula is C16H21BrClNO4. The van der Waals surface area contributed by atoms with Gasteiger partial charge in [0.25, 0.3) is 5.91 Å². The Morgan fingerprint density at radius 2 is 2.00 bits per heavy atom. The number of nitrogens with zero attached hydrogens (tertiary/aromatic N) is 1. The van der Waals surface area contributed by atoms with Crippen LogP contribution in [0, 0.1) is 5.92 Å². The fourth-order valence-electron chi connectivity index (χ4n) is 2.05. The van der Waals surface area contributed by atoms with Crippen LogP contribution in [-0.4, -0.2) is 43.1 Å². The van der Waals surface area contributed by atoms with Gasteiger partial charge in [-0.15, -0.1) is 0 Å². The van der Waals surface area contributed by atoms with Crippen molar-refractivity contribution in [1.82, 2.24) is 4.90 Å². The van der Waals surface area contributed by atoms with E-state index in [1.807, 2.05) is 6.92 Å². The van der Waals surface area contributed by atoms with Crippen LogP contribution in [0.4, 0.5) is 0 Å². The normalized spacial score (nSPS) is 13.1. The highest BCUT2D eigenvalue weighted by Gasteiger charge is 2.25. The van der Waals surface area contributed by atoms with Gasteiger partial charge in [-0.25, -0.2) is 0 Å². The van der Waals surface area contributed by atoms with Gasteiger partial charge in [-0.1, -0.05) is 18.5 Å². The summed E-state index contributed by atoms with van der Waals surface area (Å²) in [5, 5.41) is 0.574. The van der Waals surface area contributed by atoms with E-state index < -0.39 is 12.0 Å². The zero-order valence-corrected chi connectivity index (χ0v) is 16.0. The molecule has 0 aliphatic rings. The number of esters is 1. The molecule has 0 saturated heterocycles. The molecule has 1 aromatic carbocycles. The molecule has 0 fully saturated rings. The predicted molar refractivity (Wildman–Crippen MR) is 92.7 cm³/mol. The van der Waals surface area contributed by atoms with Crippen molar-refractivity contribution in [3.63, 3.8) is 0 Å². The molecule has 0 N–H and O–H groups in total. The number of amides is 1. The van der Waals surface area contributed by atoms with Crippen LogP contribution in [0.15, 0.2) is 22.7 Å². The largest absolute Gasteiger partial charge is 0.480 e. The van der Waals surface area contributed by atoms with E-state index in [0.717, 1.165) is 0 Å². The molecule has 0 saturated carbocycles. The van der Waals surface area contributed by atoms with E-state index in [1.165, 1.54) is 7.11 Å². The number of carbonyl (C=O) groups excluding carboxylic acids is 2. The maximum absolute atomic E-state index is 12.5. The zero-order chi connectivity index (χ0) is 17.6. The van der Waals surface area contributed by atoms with E-state index >= 15 is 0 Å². The van der Waals surface area contributed by atoms with Gasteiger partial charge in [0.2, 0.25) is 0 Å². The first kappa shape index (κ1) is 19.8. The molecule has 128 valence electrons. The monoisotopic (exact) mass is 405 g/mol. The minimum atomic E-state index is -0.683. The maximum Gasteiger partial charge on any atom is 0.310 e.